The van der Waals surface area contributed by atoms with Gasteiger partial charge in [0.15, 0.2) is 0 Å². The molecular formula is C16H15ClN2O. The second-order valence-corrected chi connectivity index (χ2v) is 4.93. The van der Waals surface area contributed by atoms with Gasteiger partial charge in [-0.25, -0.2) is 0 Å². The molecule has 0 aliphatic heterocycles. The van der Waals surface area contributed by atoms with Gasteiger partial charge in [-0.1, -0.05) is 35.9 Å². The fourth-order valence-electron chi connectivity index (χ4n) is 1.96. The molecule has 4 N–H and O–H groups in total. The van der Waals surface area contributed by atoms with Gasteiger partial charge in [0.1, 0.15) is 5.75 Å². The summed E-state index contributed by atoms with van der Waals surface area (Å²) in [5.74, 6) is 0.0788. The maximum Gasteiger partial charge on any atom is 0.125 e. The molecule has 0 aliphatic carbocycles. The number of nitrogens with two attached hydrogens (primary N) is 1. The molecule has 0 saturated carbocycles. The quantitative estimate of drug-likeness (QED) is 0.753. The predicted molar refractivity (Wildman–Crippen MR) is 83.3 cm³/mol. The van der Waals surface area contributed by atoms with Crippen molar-refractivity contribution in [2.45, 2.75) is 6.92 Å². The first kappa shape index (κ1) is 14.2. The Morgan fingerprint density at radius 2 is 1.85 bits per heavy atom. The smallest absolute Gasteiger partial charge is 0.125 e. The number of hydrogen-bond donors (Lipinski definition) is 3. The highest BCUT2D eigenvalue weighted by Crippen LogP contribution is 2.22. The SMILES string of the molecule is Cc1cccc(O)c1C(=N)/C=C(\N)c1ccc(Cl)cc1. The molecular weight excluding hydrogens is 272 g/mol. The molecule has 0 atom stereocenters. The lowest BCUT2D eigenvalue weighted by Gasteiger charge is -2.08. The van der Waals surface area contributed by atoms with Crippen molar-refractivity contribution in [3.8, 4) is 5.75 Å². The van der Waals surface area contributed by atoms with Crippen LogP contribution in [-0.2, 0) is 0 Å². The van der Waals surface area contributed by atoms with E-state index in [1.807, 2.05) is 13.0 Å². The number of halogens is 1. The van der Waals surface area contributed by atoms with E-state index >= 15 is 0 Å². The third-order valence-corrected chi connectivity index (χ3v) is 3.25. The summed E-state index contributed by atoms with van der Waals surface area (Å²) in [5, 5.41) is 18.6. The average Bonchev–Trinajstić information content (AvgIpc) is 2.39. The normalized spacial score (nSPS) is 11.4. The minimum atomic E-state index is 0.0788. The number of phenols is 1. The number of nitrogens with one attached hydrogen (secondary N) is 1. The minimum Gasteiger partial charge on any atom is -0.507 e. The first-order chi connectivity index (χ1) is 9.49. The zero-order valence-electron chi connectivity index (χ0n) is 11.0. The summed E-state index contributed by atoms with van der Waals surface area (Å²) < 4.78 is 0. The summed E-state index contributed by atoms with van der Waals surface area (Å²) >= 11 is 5.82. The molecule has 102 valence electrons. The average molecular weight is 287 g/mol. The van der Waals surface area contributed by atoms with Crippen LogP contribution in [0.25, 0.3) is 5.70 Å². The van der Waals surface area contributed by atoms with Gasteiger partial charge in [0.05, 0.1) is 5.71 Å². The van der Waals surface area contributed by atoms with Crippen molar-refractivity contribution in [1.29, 1.82) is 5.41 Å². The van der Waals surface area contributed by atoms with Gasteiger partial charge >= 0.3 is 0 Å². The van der Waals surface area contributed by atoms with Gasteiger partial charge in [0.25, 0.3) is 0 Å². The van der Waals surface area contributed by atoms with E-state index in [1.165, 1.54) is 6.08 Å². The molecule has 0 fully saturated rings. The Hall–Kier alpha value is -2.26. The molecule has 4 heteroatoms. The van der Waals surface area contributed by atoms with Crippen LogP contribution in [-0.4, -0.2) is 10.8 Å². The van der Waals surface area contributed by atoms with Gasteiger partial charge in [-0.2, -0.15) is 0 Å². The van der Waals surface area contributed by atoms with Crippen molar-refractivity contribution < 1.29 is 5.11 Å². The van der Waals surface area contributed by atoms with Crippen LogP contribution in [0.15, 0.2) is 48.5 Å². The van der Waals surface area contributed by atoms with Crippen LogP contribution in [0.2, 0.25) is 5.02 Å². The van der Waals surface area contributed by atoms with E-state index in [-0.39, 0.29) is 11.5 Å². The lowest BCUT2D eigenvalue weighted by Crippen LogP contribution is -2.04. The molecule has 0 spiro atoms. The third-order valence-electron chi connectivity index (χ3n) is 3.00. The molecule has 20 heavy (non-hydrogen) atoms. The molecule has 0 amide bonds. The van der Waals surface area contributed by atoms with Crippen LogP contribution in [0.3, 0.4) is 0 Å². The van der Waals surface area contributed by atoms with Crippen LogP contribution < -0.4 is 5.73 Å². The Morgan fingerprint density at radius 3 is 2.45 bits per heavy atom. The lowest BCUT2D eigenvalue weighted by molar-refractivity contribution is 0.473. The van der Waals surface area contributed by atoms with Crippen LogP contribution in [0.4, 0.5) is 0 Å². The molecule has 0 unspecified atom stereocenters. The summed E-state index contributed by atoms with van der Waals surface area (Å²) in [6.07, 6.45) is 1.53. The van der Waals surface area contributed by atoms with Gasteiger partial charge in [-0.05, 0) is 42.3 Å². The molecule has 0 heterocycles. The molecule has 0 aliphatic rings. The summed E-state index contributed by atoms with van der Waals surface area (Å²) in [5.41, 5.74) is 8.71. The Balaban J connectivity index is 2.35. The largest absolute Gasteiger partial charge is 0.507 e. The number of aryl methyl sites for hydroxylation is 1. The Bertz CT molecular complexity index is 655. The second-order valence-electron chi connectivity index (χ2n) is 4.49. The monoisotopic (exact) mass is 286 g/mol. The number of benzene rings is 2. The van der Waals surface area contributed by atoms with E-state index in [9.17, 15) is 5.11 Å². The Morgan fingerprint density at radius 1 is 1.20 bits per heavy atom. The van der Waals surface area contributed by atoms with Crippen molar-refractivity contribution >= 4 is 23.0 Å². The molecule has 3 nitrogen and oxygen atoms in total. The molecule has 0 saturated heterocycles. The molecule has 0 bridgehead atoms. The molecule has 2 aromatic carbocycles. The first-order valence-electron chi connectivity index (χ1n) is 6.09. The number of phenolic OH excluding ortho intramolecular Hbond substituents is 1. The predicted octanol–water partition coefficient (Wildman–Crippen LogP) is 3.72. The van der Waals surface area contributed by atoms with Crippen molar-refractivity contribution in [1.82, 2.24) is 0 Å². The van der Waals surface area contributed by atoms with E-state index in [0.717, 1.165) is 11.1 Å². The Kier molecular flexibility index (Phi) is 4.11. The number of aromatic hydroxyl groups is 1. The maximum atomic E-state index is 9.85. The van der Waals surface area contributed by atoms with E-state index in [2.05, 4.69) is 0 Å². The second kappa shape index (κ2) is 5.80. The minimum absolute atomic E-state index is 0.0788. The molecule has 2 aromatic rings. The highest BCUT2D eigenvalue weighted by Gasteiger charge is 2.09. The highest BCUT2D eigenvalue weighted by molar-refractivity contribution is 6.30. The standard InChI is InChI=1S/C16H15ClN2O/c1-10-3-2-4-15(20)16(10)14(19)9-13(18)11-5-7-12(17)8-6-11/h2-9,19-20H,18H2,1H3/b13-9-,19-14?. The number of hydrogen-bond acceptors (Lipinski definition) is 3. The van der Waals surface area contributed by atoms with E-state index in [1.54, 1.807) is 36.4 Å². The van der Waals surface area contributed by atoms with Crippen molar-refractivity contribution in [3.05, 3.63) is 70.3 Å². The van der Waals surface area contributed by atoms with Crippen molar-refractivity contribution in [2.75, 3.05) is 0 Å². The zero-order valence-corrected chi connectivity index (χ0v) is 11.8. The van der Waals surface area contributed by atoms with Gasteiger partial charge in [0.2, 0.25) is 0 Å². The maximum absolute atomic E-state index is 9.85. The Labute approximate surface area is 122 Å². The summed E-state index contributed by atoms with van der Waals surface area (Å²) in [6.45, 7) is 1.84. The van der Waals surface area contributed by atoms with Gasteiger partial charge in [0, 0.05) is 16.3 Å². The highest BCUT2D eigenvalue weighted by atomic mass is 35.5. The summed E-state index contributed by atoms with van der Waals surface area (Å²) in [6, 6.07) is 12.2. The topological polar surface area (TPSA) is 70.1 Å². The fourth-order valence-corrected chi connectivity index (χ4v) is 2.08. The van der Waals surface area contributed by atoms with Crippen LogP contribution >= 0.6 is 11.6 Å². The zero-order chi connectivity index (χ0) is 14.7. The third kappa shape index (κ3) is 3.00. The van der Waals surface area contributed by atoms with Crippen molar-refractivity contribution in [3.63, 3.8) is 0 Å². The van der Waals surface area contributed by atoms with Crippen LogP contribution in [0, 0.1) is 12.3 Å². The fraction of sp³-hybridized carbons (Fsp3) is 0.0625. The van der Waals surface area contributed by atoms with E-state index in [4.69, 9.17) is 22.7 Å². The first-order valence-corrected chi connectivity index (χ1v) is 6.47. The molecule has 0 aromatic heterocycles. The molecule has 2 rings (SSSR count). The molecule has 0 radical (unpaired) electrons. The lowest BCUT2D eigenvalue weighted by atomic mass is 10.0. The van der Waals surface area contributed by atoms with Gasteiger partial charge in [-0.3, -0.25) is 0 Å². The summed E-state index contributed by atoms with van der Waals surface area (Å²) in [4.78, 5) is 0. The van der Waals surface area contributed by atoms with E-state index < -0.39 is 0 Å². The van der Waals surface area contributed by atoms with Gasteiger partial charge in [-0.15, -0.1) is 0 Å². The van der Waals surface area contributed by atoms with Crippen LogP contribution in [0.1, 0.15) is 16.7 Å². The number of rotatable bonds is 3. The van der Waals surface area contributed by atoms with Gasteiger partial charge < -0.3 is 16.2 Å². The summed E-state index contributed by atoms with van der Waals surface area (Å²) in [7, 11) is 0. The van der Waals surface area contributed by atoms with E-state index in [0.29, 0.717) is 16.3 Å². The van der Waals surface area contributed by atoms with Crippen molar-refractivity contribution in [2.24, 2.45) is 5.73 Å². The van der Waals surface area contributed by atoms with Crippen LogP contribution in [0.5, 0.6) is 5.75 Å². The number of allylic oxidation sites excluding steroid dienone is 1.